The summed E-state index contributed by atoms with van der Waals surface area (Å²) in [7, 11) is 3.09. The van der Waals surface area contributed by atoms with Crippen LogP contribution in [0.4, 0.5) is 26.0 Å². The summed E-state index contributed by atoms with van der Waals surface area (Å²) in [6, 6.07) is 4.45. The van der Waals surface area contributed by atoms with E-state index in [1.165, 1.54) is 24.4 Å². The predicted octanol–water partition coefficient (Wildman–Crippen LogP) is 3.73. The quantitative estimate of drug-likeness (QED) is 0.293. The highest BCUT2D eigenvalue weighted by atomic mass is 19.1. The van der Waals surface area contributed by atoms with E-state index in [2.05, 4.69) is 31.2 Å². The van der Waals surface area contributed by atoms with Crippen molar-refractivity contribution in [3.8, 4) is 5.75 Å². The van der Waals surface area contributed by atoms with Crippen molar-refractivity contribution in [2.75, 3.05) is 31.3 Å². The van der Waals surface area contributed by atoms with E-state index in [0.717, 1.165) is 12.1 Å². The van der Waals surface area contributed by atoms with Crippen molar-refractivity contribution in [3.63, 3.8) is 0 Å². The first-order chi connectivity index (χ1) is 20.3. The minimum absolute atomic E-state index is 0.115. The van der Waals surface area contributed by atoms with Gasteiger partial charge in [0.1, 0.15) is 47.3 Å². The number of nitrogens with one attached hydrogen (secondary N) is 4. The summed E-state index contributed by atoms with van der Waals surface area (Å²) in [5, 5.41) is 11.6. The molecule has 1 aliphatic heterocycles. The van der Waals surface area contributed by atoms with E-state index < -0.39 is 41.1 Å². The van der Waals surface area contributed by atoms with E-state index in [-0.39, 0.29) is 29.0 Å². The number of fused-ring (bicyclic) bond motifs is 1. The molecule has 0 spiro atoms. The Morgan fingerprint density at radius 2 is 1.81 bits per heavy atom. The van der Waals surface area contributed by atoms with Gasteiger partial charge in [0.2, 0.25) is 17.7 Å². The molecule has 3 atom stereocenters. The van der Waals surface area contributed by atoms with Crippen LogP contribution in [-0.2, 0) is 14.4 Å². The molecule has 1 aliphatic rings. The third-order valence-corrected chi connectivity index (χ3v) is 7.49. The second-order valence-corrected chi connectivity index (χ2v) is 11.5. The highest BCUT2D eigenvalue weighted by Crippen LogP contribution is 2.35. The number of methoxy groups -OCH3 is 1. The number of hydrogen-bond acceptors (Lipinski definition) is 8. The third-order valence-electron chi connectivity index (χ3n) is 7.49. The Balaban J connectivity index is 1.62. The minimum atomic E-state index is -0.857. The molecule has 0 radical (unpaired) electrons. The first-order valence-corrected chi connectivity index (χ1v) is 14.0. The lowest BCUT2D eigenvalue weighted by molar-refractivity contribution is -0.143. The normalized spacial score (nSPS) is 16.5. The molecule has 2 heterocycles. The van der Waals surface area contributed by atoms with Crippen LogP contribution in [0.5, 0.6) is 5.75 Å². The Kier molecular flexibility index (Phi) is 9.43. The number of nitrogens with zero attached hydrogens (tertiary/aromatic N) is 3. The molecule has 0 bridgehead atoms. The Labute approximate surface area is 248 Å². The standard InChI is InChI=1S/C30H37F2N7O4/c1-16(33-5)27(40)38-25(30(2,3)4)29(42)39-12-8-11-22(39)28(41)36-21-13-17-20(14-23(21)43-6)34-15-35-26(17)37-24-18(31)9-7-10-19(24)32/h7,9-10,13-16,22,25,33H,8,11-12H2,1-6H3,(H,36,41)(H,38,40)(H,34,35,37). The number of likely N-dealkylation sites (N-methyl/N-ethyl adjacent to an activating group) is 1. The number of likely N-dealkylation sites (tertiary alicyclic amines) is 1. The van der Waals surface area contributed by atoms with Crippen LogP contribution in [0.2, 0.25) is 0 Å². The number of benzene rings is 2. The highest BCUT2D eigenvalue weighted by Gasteiger charge is 2.42. The first kappa shape index (κ1) is 31.5. The SMILES string of the molecule is CNC(C)C(=O)NC(C(=O)N1CCCC1C(=O)Nc1cc2c(Nc3c(F)cccc3F)ncnc2cc1OC)C(C)(C)C. The predicted molar refractivity (Wildman–Crippen MR) is 159 cm³/mol. The Morgan fingerprint density at radius 3 is 2.44 bits per heavy atom. The molecule has 4 rings (SSSR count). The Hall–Kier alpha value is -4.39. The fraction of sp³-hybridized carbons (Fsp3) is 0.433. The lowest BCUT2D eigenvalue weighted by Gasteiger charge is -2.36. The number of hydrogen-bond donors (Lipinski definition) is 4. The highest BCUT2D eigenvalue weighted by molar-refractivity contribution is 6.03. The fourth-order valence-corrected chi connectivity index (χ4v) is 4.92. The van der Waals surface area contributed by atoms with Crippen LogP contribution in [0.15, 0.2) is 36.7 Å². The van der Waals surface area contributed by atoms with Gasteiger partial charge < -0.3 is 30.9 Å². The van der Waals surface area contributed by atoms with E-state index in [1.54, 1.807) is 26.1 Å². The molecule has 1 saturated heterocycles. The van der Waals surface area contributed by atoms with Crippen LogP contribution in [0.1, 0.15) is 40.5 Å². The number of aromatic nitrogens is 2. The maximum absolute atomic E-state index is 14.4. The van der Waals surface area contributed by atoms with Gasteiger partial charge in [0.25, 0.3) is 0 Å². The summed E-state index contributed by atoms with van der Waals surface area (Å²) in [5.41, 5.74) is -0.337. The summed E-state index contributed by atoms with van der Waals surface area (Å²) in [6.07, 6.45) is 2.27. The average molecular weight is 598 g/mol. The topological polar surface area (TPSA) is 138 Å². The van der Waals surface area contributed by atoms with Crippen LogP contribution in [0, 0.1) is 17.0 Å². The summed E-state index contributed by atoms with van der Waals surface area (Å²) in [5.74, 6) is -2.31. The van der Waals surface area contributed by atoms with Gasteiger partial charge >= 0.3 is 0 Å². The van der Waals surface area contributed by atoms with Gasteiger partial charge in [-0.15, -0.1) is 0 Å². The fourth-order valence-electron chi connectivity index (χ4n) is 4.92. The molecule has 4 N–H and O–H groups in total. The molecule has 0 aliphatic carbocycles. The molecule has 1 fully saturated rings. The average Bonchev–Trinajstić information content (AvgIpc) is 3.46. The first-order valence-electron chi connectivity index (χ1n) is 14.0. The number of rotatable bonds is 9. The zero-order valence-electron chi connectivity index (χ0n) is 25.0. The van der Waals surface area contributed by atoms with E-state index in [0.29, 0.717) is 36.0 Å². The zero-order valence-corrected chi connectivity index (χ0v) is 25.0. The lowest BCUT2D eigenvalue weighted by atomic mass is 9.85. The van der Waals surface area contributed by atoms with Crippen molar-refractivity contribution in [2.24, 2.45) is 5.41 Å². The molecule has 1 aromatic heterocycles. The summed E-state index contributed by atoms with van der Waals surface area (Å²) < 4.78 is 34.2. The van der Waals surface area contributed by atoms with Gasteiger partial charge in [0, 0.05) is 18.0 Å². The van der Waals surface area contributed by atoms with Crippen molar-refractivity contribution >= 4 is 45.8 Å². The third kappa shape index (κ3) is 6.82. The molecule has 3 unspecified atom stereocenters. The van der Waals surface area contributed by atoms with Gasteiger partial charge in [0.05, 0.1) is 24.4 Å². The van der Waals surface area contributed by atoms with Gasteiger partial charge in [-0.2, -0.15) is 0 Å². The van der Waals surface area contributed by atoms with Crippen LogP contribution < -0.4 is 26.0 Å². The Bertz CT molecular complexity index is 1510. The number of para-hydroxylation sites is 1. The second kappa shape index (κ2) is 12.9. The van der Waals surface area contributed by atoms with Gasteiger partial charge in [-0.3, -0.25) is 14.4 Å². The zero-order chi connectivity index (χ0) is 31.5. The number of amides is 3. The summed E-state index contributed by atoms with van der Waals surface area (Å²) >= 11 is 0. The monoisotopic (exact) mass is 597 g/mol. The number of carbonyl (C=O) groups excluding carboxylic acids is 3. The van der Waals surface area contributed by atoms with Crippen LogP contribution in [-0.4, -0.2) is 71.4 Å². The van der Waals surface area contributed by atoms with E-state index >= 15 is 0 Å². The maximum Gasteiger partial charge on any atom is 0.247 e. The molecular weight excluding hydrogens is 560 g/mol. The Morgan fingerprint density at radius 1 is 1.12 bits per heavy atom. The largest absolute Gasteiger partial charge is 0.494 e. The molecule has 0 saturated carbocycles. The van der Waals surface area contributed by atoms with Crippen LogP contribution >= 0.6 is 0 Å². The molecule has 11 nitrogen and oxygen atoms in total. The van der Waals surface area contributed by atoms with Gasteiger partial charge in [0.15, 0.2) is 0 Å². The number of halogens is 2. The molecular formula is C30H37F2N7O4. The molecule has 13 heteroatoms. The molecule has 43 heavy (non-hydrogen) atoms. The van der Waals surface area contributed by atoms with Crippen molar-refractivity contribution in [1.82, 2.24) is 25.5 Å². The second-order valence-electron chi connectivity index (χ2n) is 11.5. The van der Waals surface area contributed by atoms with Crippen molar-refractivity contribution < 1.29 is 27.9 Å². The van der Waals surface area contributed by atoms with Crippen molar-refractivity contribution in [2.45, 2.75) is 58.7 Å². The van der Waals surface area contributed by atoms with Crippen molar-refractivity contribution in [3.05, 3.63) is 48.3 Å². The van der Waals surface area contributed by atoms with Crippen molar-refractivity contribution in [1.29, 1.82) is 0 Å². The number of carbonyl (C=O) groups is 3. The summed E-state index contributed by atoms with van der Waals surface area (Å²) in [6.45, 7) is 7.61. The van der Waals surface area contributed by atoms with E-state index in [4.69, 9.17) is 4.74 Å². The lowest BCUT2D eigenvalue weighted by Crippen LogP contribution is -2.59. The van der Waals surface area contributed by atoms with Gasteiger partial charge in [-0.25, -0.2) is 18.7 Å². The molecule has 3 amide bonds. The molecule has 230 valence electrons. The molecule has 2 aromatic carbocycles. The van der Waals surface area contributed by atoms with E-state index in [9.17, 15) is 23.2 Å². The van der Waals surface area contributed by atoms with Crippen LogP contribution in [0.25, 0.3) is 10.9 Å². The number of ether oxygens (including phenoxy) is 1. The smallest absolute Gasteiger partial charge is 0.247 e. The van der Waals surface area contributed by atoms with E-state index in [1.807, 2.05) is 20.8 Å². The van der Waals surface area contributed by atoms with Crippen LogP contribution in [0.3, 0.4) is 0 Å². The number of anilines is 3. The summed E-state index contributed by atoms with van der Waals surface area (Å²) in [4.78, 5) is 50.0. The maximum atomic E-state index is 14.4. The van der Waals surface area contributed by atoms with Gasteiger partial charge in [-0.05, 0) is 50.4 Å². The molecule has 3 aromatic rings. The minimum Gasteiger partial charge on any atom is -0.494 e. The van der Waals surface area contributed by atoms with Gasteiger partial charge in [-0.1, -0.05) is 26.8 Å².